The van der Waals surface area contributed by atoms with E-state index in [0.717, 1.165) is 4.31 Å². The number of nitrogens with zero attached hydrogens (tertiary/aromatic N) is 1. The Morgan fingerprint density at radius 3 is 2.25 bits per heavy atom. The van der Waals surface area contributed by atoms with Crippen molar-refractivity contribution >= 4 is 27.5 Å². The molecule has 0 saturated heterocycles. The van der Waals surface area contributed by atoms with Crippen LogP contribution in [0.3, 0.4) is 0 Å². The maximum Gasteiger partial charge on any atom is 0.313 e. The number of amides is 2. The number of sulfonamides is 1. The van der Waals surface area contributed by atoms with Crippen molar-refractivity contribution in [3.8, 4) is 5.75 Å². The predicted octanol–water partition coefficient (Wildman–Crippen LogP) is 1.59. The fourth-order valence-corrected chi connectivity index (χ4v) is 3.18. The summed E-state index contributed by atoms with van der Waals surface area (Å²) in [6.45, 7) is 2.33. The van der Waals surface area contributed by atoms with Gasteiger partial charge in [-0.05, 0) is 36.8 Å². The lowest BCUT2D eigenvalue weighted by Crippen LogP contribution is -2.35. The average molecular weight is 405 g/mol. The van der Waals surface area contributed by atoms with E-state index >= 15 is 0 Å². The van der Waals surface area contributed by atoms with E-state index in [-0.39, 0.29) is 11.4 Å². The van der Waals surface area contributed by atoms with Crippen molar-refractivity contribution in [1.29, 1.82) is 0 Å². The van der Waals surface area contributed by atoms with Crippen LogP contribution in [0.15, 0.2) is 53.4 Å². The van der Waals surface area contributed by atoms with Gasteiger partial charge in [0.05, 0.1) is 17.2 Å². The van der Waals surface area contributed by atoms with Crippen LogP contribution in [-0.2, 0) is 26.2 Å². The molecule has 0 saturated carbocycles. The van der Waals surface area contributed by atoms with Gasteiger partial charge in [0, 0.05) is 20.6 Å². The number of anilines is 1. The molecule has 0 fully saturated rings. The third-order valence-electron chi connectivity index (χ3n) is 3.80. The number of benzene rings is 2. The molecule has 150 valence electrons. The summed E-state index contributed by atoms with van der Waals surface area (Å²) in [5.74, 6) is -1.15. The highest BCUT2D eigenvalue weighted by Gasteiger charge is 2.18. The topological polar surface area (TPSA) is 105 Å². The summed E-state index contributed by atoms with van der Waals surface area (Å²) in [5, 5.41) is 5.01. The van der Waals surface area contributed by atoms with E-state index in [9.17, 15) is 18.0 Å². The molecule has 8 nitrogen and oxygen atoms in total. The van der Waals surface area contributed by atoms with Crippen molar-refractivity contribution in [2.24, 2.45) is 0 Å². The molecule has 0 unspecified atom stereocenters. The molecule has 9 heteroatoms. The third kappa shape index (κ3) is 5.30. The second-order valence-electron chi connectivity index (χ2n) is 6.00. The summed E-state index contributed by atoms with van der Waals surface area (Å²) in [6, 6.07) is 12.9. The molecular formula is C19H23N3O5S. The smallest absolute Gasteiger partial charge is 0.313 e. The van der Waals surface area contributed by atoms with Crippen molar-refractivity contribution < 1.29 is 22.7 Å². The predicted molar refractivity (Wildman–Crippen MR) is 105 cm³/mol. The first-order chi connectivity index (χ1) is 13.3. The molecule has 0 aliphatic carbocycles. The number of carbonyl (C=O) groups is 2. The molecule has 28 heavy (non-hydrogen) atoms. The van der Waals surface area contributed by atoms with Crippen molar-refractivity contribution in [2.75, 3.05) is 26.0 Å². The Hall–Kier alpha value is -2.91. The largest absolute Gasteiger partial charge is 0.492 e. The lowest BCUT2D eigenvalue weighted by atomic mass is 10.2. The SMILES string of the molecule is CCOc1ccccc1NC(=O)C(=O)NCc1ccc(S(=O)(=O)N(C)C)cc1. The van der Waals surface area contributed by atoms with Crippen molar-refractivity contribution in [3.05, 3.63) is 54.1 Å². The van der Waals surface area contributed by atoms with Gasteiger partial charge in [-0.3, -0.25) is 9.59 Å². The van der Waals surface area contributed by atoms with Crippen LogP contribution < -0.4 is 15.4 Å². The van der Waals surface area contributed by atoms with E-state index < -0.39 is 21.8 Å². The zero-order valence-electron chi connectivity index (χ0n) is 15.9. The Morgan fingerprint density at radius 1 is 1.00 bits per heavy atom. The first-order valence-electron chi connectivity index (χ1n) is 8.58. The van der Waals surface area contributed by atoms with E-state index in [0.29, 0.717) is 23.6 Å². The fourth-order valence-electron chi connectivity index (χ4n) is 2.28. The minimum absolute atomic E-state index is 0.0850. The second-order valence-corrected chi connectivity index (χ2v) is 8.15. The lowest BCUT2D eigenvalue weighted by molar-refractivity contribution is -0.136. The second kappa shape index (κ2) is 9.34. The number of para-hydroxylation sites is 2. The minimum atomic E-state index is -3.51. The number of hydrogen-bond acceptors (Lipinski definition) is 5. The number of nitrogens with one attached hydrogen (secondary N) is 2. The monoisotopic (exact) mass is 405 g/mol. The van der Waals surface area contributed by atoms with Crippen LogP contribution in [0.5, 0.6) is 5.75 Å². The molecule has 0 heterocycles. The first kappa shape index (κ1) is 21.4. The lowest BCUT2D eigenvalue weighted by Gasteiger charge is -2.12. The highest BCUT2D eigenvalue weighted by molar-refractivity contribution is 7.89. The van der Waals surface area contributed by atoms with Crippen LogP contribution in [0.1, 0.15) is 12.5 Å². The summed E-state index contributed by atoms with van der Waals surface area (Å²) in [7, 11) is -0.611. The maximum atomic E-state index is 12.1. The van der Waals surface area contributed by atoms with Crippen LogP contribution in [0, 0.1) is 0 Å². The Bertz CT molecular complexity index is 940. The van der Waals surface area contributed by atoms with Crippen LogP contribution in [0.4, 0.5) is 5.69 Å². The molecule has 2 amide bonds. The zero-order valence-corrected chi connectivity index (χ0v) is 16.7. The summed E-state index contributed by atoms with van der Waals surface area (Å²) >= 11 is 0. The molecule has 2 aromatic rings. The maximum absolute atomic E-state index is 12.1. The average Bonchev–Trinajstić information content (AvgIpc) is 2.68. The Morgan fingerprint density at radius 2 is 1.64 bits per heavy atom. The Labute approximate surface area is 164 Å². The fraction of sp³-hybridized carbons (Fsp3) is 0.263. The zero-order chi connectivity index (χ0) is 20.7. The van der Waals surface area contributed by atoms with Gasteiger partial charge in [0.15, 0.2) is 0 Å². The number of hydrogen-bond donors (Lipinski definition) is 2. The normalized spacial score (nSPS) is 11.1. The van der Waals surface area contributed by atoms with Gasteiger partial charge in [0.2, 0.25) is 10.0 Å². The molecule has 2 rings (SSSR count). The van der Waals surface area contributed by atoms with Gasteiger partial charge >= 0.3 is 11.8 Å². The van der Waals surface area contributed by atoms with Crippen molar-refractivity contribution in [2.45, 2.75) is 18.4 Å². The van der Waals surface area contributed by atoms with Gasteiger partial charge in [-0.2, -0.15) is 0 Å². The number of rotatable bonds is 7. The van der Waals surface area contributed by atoms with E-state index in [2.05, 4.69) is 10.6 Å². The highest BCUT2D eigenvalue weighted by Crippen LogP contribution is 2.23. The Balaban J connectivity index is 1.96. The van der Waals surface area contributed by atoms with Crippen LogP contribution >= 0.6 is 0 Å². The molecule has 2 aromatic carbocycles. The van der Waals surface area contributed by atoms with Gasteiger partial charge in [0.25, 0.3) is 0 Å². The van der Waals surface area contributed by atoms with E-state index in [4.69, 9.17) is 4.74 Å². The quantitative estimate of drug-likeness (QED) is 0.681. The van der Waals surface area contributed by atoms with Gasteiger partial charge in [-0.15, -0.1) is 0 Å². The molecule has 2 N–H and O–H groups in total. The number of carbonyl (C=O) groups excluding carboxylic acids is 2. The summed E-state index contributed by atoms with van der Waals surface area (Å²) in [5.41, 5.74) is 1.07. The van der Waals surface area contributed by atoms with Gasteiger partial charge < -0.3 is 15.4 Å². The van der Waals surface area contributed by atoms with Crippen molar-refractivity contribution in [1.82, 2.24) is 9.62 Å². The number of ether oxygens (including phenoxy) is 1. The van der Waals surface area contributed by atoms with Gasteiger partial charge in [-0.1, -0.05) is 24.3 Å². The first-order valence-corrected chi connectivity index (χ1v) is 10.0. The van der Waals surface area contributed by atoms with E-state index in [1.165, 1.54) is 26.2 Å². The molecular weight excluding hydrogens is 382 g/mol. The molecule has 0 aliphatic rings. The summed E-state index contributed by atoms with van der Waals surface area (Å²) < 4.78 is 30.6. The third-order valence-corrected chi connectivity index (χ3v) is 5.63. The van der Waals surface area contributed by atoms with E-state index in [1.807, 2.05) is 6.92 Å². The van der Waals surface area contributed by atoms with Gasteiger partial charge in [-0.25, -0.2) is 12.7 Å². The summed E-state index contributed by atoms with van der Waals surface area (Å²) in [4.78, 5) is 24.3. The minimum Gasteiger partial charge on any atom is -0.492 e. The van der Waals surface area contributed by atoms with Gasteiger partial charge in [0.1, 0.15) is 5.75 Å². The Kier molecular flexibility index (Phi) is 7.13. The van der Waals surface area contributed by atoms with Crippen LogP contribution in [0.2, 0.25) is 0 Å². The highest BCUT2D eigenvalue weighted by atomic mass is 32.2. The molecule has 0 aliphatic heterocycles. The summed E-state index contributed by atoms with van der Waals surface area (Å²) in [6.07, 6.45) is 0. The van der Waals surface area contributed by atoms with Crippen LogP contribution in [-0.4, -0.2) is 45.2 Å². The molecule has 0 radical (unpaired) electrons. The van der Waals surface area contributed by atoms with Crippen molar-refractivity contribution in [3.63, 3.8) is 0 Å². The van der Waals surface area contributed by atoms with E-state index in [1.54, 1.807) is 36.4 Å². The molecule has 0 spiro atoms. The molecule has 0 bridgehead atoms. The van der Waals surface area contributed by atoms with Crippen LogP contribution in [0.25, 0.3) is 0 Å². The standard InChI is InChI=1S/C19H23N3O5S/c1-4-27-17-8-6-5-7-16(17)21-19(24)18(23)20-13-14-9-11-15(12-10-14)28(25,26)22(2)3/h5-12H,4,13H2,1-3H3,(H,20,23)(H,21,24). The molecule has 0 atom stereocenters. The molecule has 0 aromatic heterocycles.